The molecule has 2 atom stereocenters. The summed E-state index contributed by atoms with van der Waals surface area (Å²) in [5.41, 5.74) is 2.46. The van der Waals surface area contributed by atoms with E-state index in [1.54, 1.807) is 0 Å². The van der Waals surface area contributed by atoms with Gasteiger partial charge in [-0.2, -0.15) is 0 Å². The van der Waals surface area contributed by atoms with Gasteiger partial charge in [0.2, 0.25) is 0 Å². The molecule has 1 saturated heterocycles. The van der Waals surface area contributed by atoms with Crippen LogP contribution in [0.25, 0.3) is 0 Å². The molecule has 1 aliphatic rings. The molecule has 0 bridgehead atoms. The Morgan fingerprint density at radius 1 is 1.04 bits per heavy atom. The molecule has 1 N–H and O–H groups in total. The van der Waals surface area contributed by atoms with Crippen molar-refractivity contribution < 1.29 is 9.84 Å². The summed E-state index contributed by atoms with van der Waals surface area (Å²) in [6, 6.07) is 16.4. The minimum Gasteiger partial charge on any atom is -0.384 e. The molecule has 0 unspecified atom stereocenters. The standard InChI is InChI=1S/C23H30ClNO2/c1-3-18-5-9-20(10-6-18)23(26,4-2)22(17-25-13-15-27-16-14-25)19-7-11-21(24)12-8-19/h5-12,22,26H,3-4,13-17H2,1-2H3/t22-,23-/m1/s1. The van der Waals surface area contributed by atoms with Gasteiger partial charge in [-0.05, 0) is 41.7 Å². The largest absolute Gasteiger partial charge is 0.384 e. The van der Waals surface area contributed by atoms with Crippen LogP contribution in [0.3, 0.4) is 0 Å². The van der Waals surface area contributed by atoms with Crippen molar-refractivity contribution in [2.45, 2.75) is 38.2 Å². The summed E-state index contributed by atoms with van der Waals surface area (Å²) in [5, 5.41) is 12.6. The minimum atomic E-state index is -0.932. The molecule has 0 aromatic heterocycles. The maximum absolute atomic E-state index is 11.9. The van der Waals surface area contributed by atoms with E-state index in [-0.39, 0.29) is 5.92 Å². The predicted molar refractivity (Wildman–Crippen MR) is 111 cm³/mol. The zero-order valence-electron chi connectivity index (χ0n) is 16.3. The molecular formula is C23H30ClNO2. The second-order valence-corrected chi connectivity index (χ2v) is 7.78. The van der Waals surface area contributed by atoms with Crippen LogP contribution >= 0.6 is 11.6 Å². The smallest absolute Gasteiger partial charge is 0.0974 e. The molecule has 0 saturated carbocycles. The third-order valence-electron chi connectivity index (χ3n) is 5.79. The van der Waals surface area contributed by atoms with Gasteiger partial charge in [-0.3, -0.25) is 4.90 Å². The van der Waals surface area contributed by atoms with Crippen molar-refractivity contribution in [1.82, 2.24) is 4.90 Å². The van der Waals surface area contributed by atoms with Gasteiger partial charge in [0.25, 0.3) is 0 Å². The maximum atomic E-state index is 11.9. The van der Waals surface area contributed by atoms with Crippen molar-refractivity contribution in [2.24, 2.45) is 0 Å². The summed E-state index contributed by atoms with van der Waals surface area (Å²) in [6.07, 6.45) is 1.65. The first-order valence-corrected chi connectivity index (χ1v) is 10.3. The lowest BCUT2D eigenvalue weighted by Crippen LogP contribution is -2.44. The number of ether oxygens (including phenoxy) is 1. The van der Waals surface area contributed by atoms with E-state index in [1.165, 1.54) is 5.56 Å². The van der Waals surface area contributed by atoms with E-state index in [0.717, 1.165) is 55.4 Å². The van der Waals surface area contributed by atoms with Crippen molar-refractivity contribution in [1.29, 1.82) is 0 Å². The molecular weight excluding hydrogens is 358 g/mol. The van der Waals surface area contributed by atoms with Crippen LogP contribution in [0.15, 0.2) is 48.5 Å². The van der Waals surface area contributed by atoms with E-state index >= 15 is 0 Å². The van der Waals surface area contributed by atoms with Gasteiger partial charge in [-0.1, -0.05) is 61.8 Å². The summed E-state index contributed by atoms with van der Waals surface area (Å²) in [4.78, 5) is 2.39. The second kappa shape index (κ2) is 9.20. The third kappa shape index (κ3) is 4.72. The van der Waals surface area contributed by atoms with Crippen LogP contribution < -0.4 is 0 Å². The van der Waals surface area contributed by atoms with E-state index in [1.807, 2.05) is 12.1 Å². The number of aliphatic hydroxyl groups is 1. The maximum Gasteiger partial charge on any atom is 0.0974 e. The molecule has 27 heavy (non-hydrogen) atoms. The molecule has 0 spiro atoms. The summed E-state index contributed by atoms with van der Waals surface area (Å²) >= 11 is 6.12. The van der Waals surface area contributed by atoms with Crippen LogP contribution in [0.5, 0.6) is 0 Å². The zero-order chi connectivity index (χ0) is 19.3. The van der Waals surface area contributed by atoms with Gasteiger partial charge in [0, 0.05) is 30.6 Å². The molecule has 2 aromatic rings. The third-order valence-corrected chi connectivity index (χ3v) is 6.05. The van der Waals surface area contributed by atoms with Crippen molar-refractivity contribution >= 4 is 11.6 Å². The summed E-state index contributed by atoms with van der Waals surface area (Å²) in [6.45, 7) is 8.32. The van der Waals surface area contributed by atoms with Gasteiger partial charge >= 0.3 is 0 Å². The second-order valence-electron chi connectivity index (χ2n) is 7.35. The van der Waals surface area contributed by atoms with E-state index in [4.69, 9.17) is 16.3 Å². The van der Waals surface area contributed by atoms with Gasteiger partial charge in [-0.25, -0.2) is 0 Å². The molecule has 1 heterocycles. The van der Waals surface area contributed by atoms with Gasteiger partial charge in [-0.15, -0.1) is 0 Å². The normalized spacial score (nSPS) is 18.8. The highest BCUT2D eigenvalue weighted by Gasteiger charge is 2.39. The zero-order valence-corrected chi connectivity index (χ0v) is 17.1. The van der Waals surface area contributed by atoms with E-state index in [9.17, 15) is 5.11 Å². The number of benzene rings is 2. The van der Waals surface area contributed by atoms with Crippen LogP contribution in [-0.2, 0) is 16.8 Å². The Hall–Kier alpha value is -1.39. The van der Waals surface area contributed by atoms with Crippen molar-refractivity contribution in [3.05, 3.63) is 70.2 Å². The molecule has 0 aliphatic carbocycles. The molecule has 2 aromatic carbocycles. The Balaban J connectivity index is 1.97. The highest BCUT2D eigenvalue weighted by molar-refractivity contribution is 6.30. The predicted octanol–water partition coefficient (Wildman–Crippen LogP) is 4.62. The molecule has 3 nitrogen and oxygen atoms in total. The monoisotopic (exact) mass is 387 g/mol. The Morgan fingerprint density at radius 3 is 2.22 bits per heavy atom. The Labute approximate surface area is 167 Å². The van der Waals surface area contributed by atoms with Crippen LogP contribution in [0.2, 0.25) is 5.02 Å². The van der Waals surface area contributed by atoms with Gasteiger partial charge in [0.05, 0.1) is 18.8 Å². The summed E-state index contributed by atoms with van der Waals surface area (Å²) in [5.74, 6) is -0.0367. The first-order chi connectivity index (χ1) is 13.1. The molecule has 146 valence electrons. The van der Waals surface area contributed by atoms with Crippen molar-refractivity contribution in [2.75, 3.05) is 32.8 Å². The number of morpholine rings is 1. The molecule has 1 aliphatic heterocycles. The van der Waals surface area contributed by atoms with E-state index in [2.05, 4.69) is 55.1 Å². The van der Waals surface area contributed by atoms with Crippen LogP contribution in [0, 0.1) is 0 Å². The summed E-state index contributed by atoms with van der Waals surface area (Å²) in [7, 11) is 0. The number of halogens is 1. The van der Waals surface area contributed by atoms with Crippen LogP contribution in [0.1, 0.15) is 42.9 Å². The van der Waals surface area contributed by atoms with Crippen LogP contribution in [0.4, 0.5) is 0 Å². The average Bonchev–Trinajstić information content (AvgIpc) is 2.73. The first kappa shape index (κ1) is 20.3. The van der Waals surface area contributed by atoms with Gasteiger partial charge in [0.15, 0.2) is 0 Å². The lowest BCUT2D eigenvalue weighted by molar-refractivity contribution is -0.0250. The number of nitrogens with zero attached hydrogens (tertiary/aromatic N) is 1. The van der Waals surface area contributed by atoms with Crippen molar-refractivity contribution in [3.63, 3.8) is 0 Å². The fraction of sp³-hybridized carbons (Fsp3) is 0.478. The lowest BCUT2D eigenvalue weighted by atomic mass is 9.75. The Bertz CT molecular complexity index is 710. The Morgan fingerprint density at radius 2 is 1.67 bits per heavy atom. The summed E-state index contributed by atoms with van der Waals surface area (Å²) < 4.78 is 5.50. The average molecular weight is 388 g/mol. The number of hydrogen-bond donors (Lipinski definition) is 1. The first-order valence-electron chi connectivity index (χ1n) is 9.94. The molecule has 0 amide bonds. The number of aryl methyl sites for hydroxylation is 1. The molecule has 3 rings (SSSR count). The number of hydrogen-bond acceptors (Lipinski definition) is 3. The highest BCUT2D eigenvalue weighted by atomic mass is 35.5. The quantitative estimate of drug-likeness (QED) is 0.752. The lowest BCUT2D eigenvalue weighted by Gasteiger charge is -2.40. The Kier molecular flexibility index (Phi) is 6.93. The fourth-order valence-electron chi connectivity index (χ4n) is 3.95. The SMILES string of the molecule is CCc1ccc([C@](O)(CC)[C@H](CN2CCOCC2)c2ccc(Cl)cc2)cc1. The van der Waals surface area contributed by atoms with Crippen LogP contribution in [-0.4, -0.2) is 42.9 Å². The van der Waals surface area contributed by atoms with E-state index in [0.29, 0.717) is 6.42 Å². The topological polar surface area (TPSA) is 32.7 Å². The highest BCUT2D eigenvalue weighted by Crippen LogP contribution is 2.41. The van der Waals surface area contributed by atoms with E-state index < -0.39 is 5.60 Å². The van der Waals surface area contributed by atoms with Gasteiger partial charge in [0.1, 0.15) is 0 Å². The molecule has 4 heteroatoms. The van der Waals surface area contributed by atoms with Gasteiger partial charge < -0.3 is 9.84 Å². The molecule has 0 radical (unpaired) electrons. The number of rotatable bonds is 7. The fourth-order valence-corrected chi connectivity index (χ4v) is 4.08. The minimum absolute atomic E-state index is 0.0367. The van der Waals surface area contributed by atoms with Crippen molar-refractivity contribution in [3.8, 4) is 0 Å². The molecule has 1 fully saturated rings.